The van der Waals surface area contributed by atoms with E-state index in [9.17, 15) is 14.4 Å². The highest BCUT2D eigenvalue weighted by Gasteiger charge is 2.21. The maximum atomic E-state index is 12.4. The van der Waals surface area contributed by atoms with Gasteiger partial charge in [0.25, 0.3) is 0 Å². The van der Waals surface area contributed by atoms with E-state index in [0.29, 0.717) is 16.7 Å². The SMILES string of the molecule is Cc1c(C)c2ccc(OC(=O)[C@@H](C)NC(=O)OCc3ccccc3)c(C)c2oc1=O. The number of aryl methyl sites for hydroxylation is 2. The summed E-state index contributed by atoms with van der Waals surface area (Å²) < 4.78 is 15.9. The van der Waals surface area contributed by atoms with Crippen molar-refractivity contribution in [3.8, 4) is 5.75 Å². The minimum atomic E-state index is -0.935. The second-order valence-electron chi connectivity index (χ2n) is 7.05. The average Bonchev–Trinajstić information content (AvgIpc) is 2.73. The lowest BCUT2D eigenvalue weighted by Gasteiger charge is -2.15. The van der Waals surface area contributed by atoms with E-state index in [1.165, 1.54) is 6.92 Å². The molecule has 156 valence electrons. The second kappa shape index (κ2) is 8.82. The Labute approximate surface area is 173 Å². The average molecular weight is 409 g/mol. The number of benzene rings is 2. The third-order valence-electron chi connectivity index (χ3n) is 4.93. The Morgan fingerprint density at radius 1 is 1.00 bits per heavy atom. The fraction of sp³-hybridized carbons (Fsp3) is 0.261. The molecule has 7 heteroatoms. The largest absolute Gasteiger partial charge is 0.445 e. The summed E-state index contributed by atoms with van der Waals surface area (Å²) in [6, 6.07) is 11.6. The van der Waals surface area contributed by atoms with Gasteiger partial charge in [-0.05, 0) is 51.0 Å². The van der Waals surface area contributed by atoms with Crippen molar-refractivity contribution in [1.29, 1.82) is 0 Å². The van der Waals surface area contributed by atoms with Crippen LogP contribution in [0, 0.1) is 20.8 Å². The molecule has 7 nitrogen and oxygen atoms in total. The van der Waals surface area contributed by atoms with Crippen molar-refractivity contribution in [3.05, 3.63) is 75.1 Å². The molecular formula is C23H23NO6. The van der Waals surface area contributed by atoms with Crippen molar-refractivity contribution in [2.45, 2.75) is 40.3 Å². The molecule has 0 bridgehead atoms. The van der Waals surface area contributed by atoms with Gasteiger partial charge in [0.2, 0.25) is 0 Å². The summed E-state index contributed by atoms with van der Waals surface area (Å²) in [4.78, 5) is 36.4. The predicted molar refractivity (Wildman–Crippen MR) is 112 cm³/mol. The van der Waals surface area contributed by atoms with E-state index in [-0.39, 0.29) is 12.4 Å². The molecule has 3 rings (SSSR count). The van der Waals surface area contributed by atoms with Gasteiger partial charge in [0.15, 0.2) is 0 Å². The lowest BCUT2D eigenvalue weighted by molar-refractivity contribution is -0.136. The molecule has 1 aromatic heterocycles. The molecule has 1 N–H and O–H groups in total. The molecule has 0 aliphatic heterocycles. The number of carbonyl (C=O) groups excluding carboxylic acids is 2. The number of hydrogen-bond donors (Lipinski definition) is 1. The molecule has 0 aliphatic rings. The molecule has 0 aliphatic carbocycles. The first-order chi connectivity index (χ1) is 14.3. The molecule has 1 amide bonds. The van der Waals surface area contributed by atoms with E-state index >= 15 is 0 Å². The molecule has 2 aromatic carbocycles. The van der Waals surface area contributed by atoms with E-state index < -0.39 is 23.7 Å². The number of nitrogens with one attached hydrogen (secondary N) is 1. The number of ether oxygens (including phenoxy) is 2. The maximum absolute atomic E-state index is 12.4. The number of fused-ring (bicyclic) bond motifs is 1. The number of alkyl carbamates (subject to hydrolysis) is 1. The highest BCUT2D eigenvalue weighted by molar-refractivity contribution is 5.88. The third-order valence-corrected chi connectivity index (χ3v) is 4.93. The van der Waals surface area contributed by atoms with Crippen LogP contribution in [0.4, 0.5) is 4.79 Å². The van der Waals surface area contributed by atoms with Gasteiger partial charge in [-0.3, -0.25) is 0 Å². The van der Waals surface area contributed by atoms with Crippen LogP contribution in [0.15, 0.2) is 51.7 Å². The van der Waals surface area contributed by atoms with Crippen LogP contribution in [0.2, 0.25) is 0 Å². The van der Waals surface area contributed by atoms with Gasteiger partial charge in [-0.25, -0.2) is 14.4 Å². The molecule has 0 unspecified atom stereocenters. The first-order valence-electron chi connectivity index (χ1n) is 9.50. The van der Waals surface area contributed by atoms with Crippen molar-refractivity contribution >= 4 is 23.0 Å². The highest BCUT2D eigenvalue weighted by Crippen LogP contribution is 2.29. The zero-order valence-electron chi connectivity index (χ0n) is 17.3. The van der Waals surface area contributed by atoms with Crippen LogP contribution in [0.1, 0.15) is 29.2 Å². The molecule has 30 heavy (non-hydrogen) atoms. The number of hydrogen-bond acceptors (Lipinski definition) is 6. The van der Waals surface area contributed by atoms with Crippen LogP contribution in [0.25, 0.3) is 11.0 Å². The molecular weight excluding hydrogens is 386 g/mol. The highest BCUT2D eigenvalue weighted by atomic mass is 16.6. The van der Waals surface area contributed by atoms with Gasteiger partial charge in [0, 0.05) is 16.5 Å². The van der Waals surface area contributed by atoms with Crippen molar-refractivity contribution in [2.24, 2.45) is 0 Å². The normalized spacial score (nSPS) is 11.7. The topological polar surface area (TPSA) is 94.8 Å². The first kappa shape index (κ1) is 21.1. The van der Waals surface area contributed by atoms with Crippen LogP contribution in [-0.4, -0.2) is 18.1 Å². The molecule has 0 saturated heterocycles. The quantitative estimate of drug-likeness (QED) is 0.390. The lowest BCUT2D eigenvalue weighted by atomic mass is 10.0. The minimum Gasteiger partial charge on any atom is -0.445 e. The van der Waals surface area contributed by atoms with Gasteiger partial charge in [0.1, 0.15) is 24.0 Å². The smallest absolute Gasteiger partial charge is 0.408 e. The molecule has 0 saturated carbocycles. The minimum absolute atomic E-state index is 0.0933. The number of amides is 1. The van der Waals surface area contributed by atoms with E-state index in [2.05, 4.69) is 5.32 Å². The number of esters is 1. The summed E-state index contributed by atoms with van der Waals surface area (Å²) in [5.41, 5.74) is 2.66. The maximum Gasteiger partial charge on any atom is 0.408 e. The van der Waals surface area contributed by atoms with Gasteiger partial charge in [-0.15, -0.1) is 0 Å². The van der Waals surface area contributed by atoms with E-state index in [4.69, 9.17) is 13.9 Å². The lowest BCUT2D eigenvalue weighted by Crippen LogP contribution is -2.41. The van der Waals surface area contributed by atoms with Crippen molar-refractivity contribution < 1.29 is 23.5 Å². The zero-order valence-corrected chi connectivity index (χ0v) is 17.3. The van der Waals surface area contributed by atoms with Crippen LogP contribution in [0.5, 0.6) is 5.75 Å². The number of carbonyl (C=O) groups is 2. The Balaban J connectivity index is 1.67. The monoisotopic (exact) mass is 409 g/mol. The molecule has 3 aromatic rings. The summed E-state index contributed by atoms with van der Waals surface area (Å²) in [6.07, 6.45) is -0.726. The van der Waals surface area contributed by atoms with Gasteiger partial charge >= 0.3 is 17.7 Å². The fourth-order valence-electron chi connectivity index (χ4n) is 2.93. The van der Waals surface area contributed by atoms with Crippen LogP contribution >= 0.6 is 0 Å². The van der Waals surface area contributed by atoms with E-state index in [0.717, 1.165) is 16.5 Å². The van der Waals surface area contributed by atoms with Crippen LogP contribution < -0.4 is 15.7 Å². The van der Waals surface area contributed by atoms with Crippen molar-refractivity contribution in [1.82, 2.24) is 5.32 Å². The van der Waals surface area contributed by atoms with Crippen molar-refractivity contribution in [3.63, 3.8) is 0 Å². The Morgan fingerprint density at radius 2 is 1.70 bits per heavy atom. The fourth-order valence-corrected chi connectivity index (χ4v) is 2.93. The molecule has 0 radical (unpaired) electrons. The Bertz CT molecular complexity index is 1150. The van der Waals surface area contributed by atoms with E-state index in [1.807, 2.05) is 37.3 Å². The molecule has 1 atom stereocenters. The molecule has 0 fully saturated rings. The Kier molecular flexibility index (Phi) is 6.20. The summed E-state index contributed by atoms with van der Waals surface area (Å²) >= 11 is 0. The van der Waals surface area contributed by atoms with Crippen molar-refractivity contribution in [2.75, 3.05) is 0 Å². The summed E-state index contributed by atoms with van der Waals surface area (Å²) in [6.45, 7) is 6.84. The second-order valence-corrected chi connectivity index (χ2v) is 7.05. The predicted octanol–water partition coefficient (Wildman–Crippen LogP) is 3.94. The molecule has 1 heterocycles. The Hall–Kier alpha value is -3.61. The van der Waals surface area contributed by atoms with Gasteiger partial charge in [0.05, 0.1) is 0 Å². The van der Waals surface area contributed by atoms with E-state index in [1.54, 1.807) is 26.0 Å². The Morgan fingerprint density at radius 3 is 2.40 bits per heavy atom. The van der Waals surface area contributed by atoms with Crippen LogP contribution in [-0.2, 0) is 16.1 Å². The van der Waals surface area contributed by atoms with Gasteiger partial charge in [-0.1, -0.05) is 30.3 Å². The zero-order chi connectivity index (χ0) is 21.8. The summed E-state index contributed by atoms with van der Waals surface area (Å²) in [5, 5.41) is 3.22. The summed E-state index contributed by atoms with van der Waals surface area (Å²) in [5.74, 6) is -0.412. The molecule has 0 spiro atoms. The van der Waals surface area contributed by atoms with Crippen LogP contribution in [0.3, 0.4) is 0 Å². The third kappa shape index (κ3) is 4.51. The first-order valence-corrected chi connectivity index (χ1v) is 9.50. The van der Waals surface area contributed by atoms with Gasteiger partial charge < -0.3 is 19.2 Å². The number of rotatable bonds is 5. The van der Waals surface area contributed by atoms with Gasteiger partial charge in [-0.2, -0.15) is 0 Å². The standard InChI is InChI=1S/C23H23NO6/c1-13-14(2)21(25)30-20-15(3)19(11-10-18(13)20)29-22(26)16(4)24-23(27)28-12-17-8-6-5-7-9-17/h5-11,16H,12H2,1-4H3,(H,24,27)/t16-/m1/s1. The summed E-state index contributed by atoms with van der Waals surface area (Å²) in [7, 11) is 0.